The van der Waals surface area contributed by atoms with Crippen LogP contribution in [0, 0.1) is 45.3 Å². The molecule has 10 nitrogen and oxygen atoms in total. The molecule has 78 heavy (non-hydrogen) atoms. The molecule has 0 unspecified atom stereocenters. The second kappa shape index (κ2) is 23.5. The third-order valence-corrected chi connectivity index (χ3v) is 14.3. The summed E-state index contributed by atoms with van der Waals surface area (Å²) >= 11 is 0. The molecule has 1 heterocycles. The number of hydrogen-bond donors (Lipinski definition) is 0. The smallest absolute Gasteiger partial charge is 0.138 e. The van der Waals surface area contributed by atoms with Crippen molar-refractivity contribution in [2.24, 2.45) is 0 Å². The molecule has 11 rings (SSSR count). The van der Waals surface area contributed by atoms with Crippen molar-refractivity contribution in [2.45, 2.75) is 0 Å². The normalized spacial score (nSPS) is 12.2. The van der Waals surface area contributed by atoms with Gasteiger partial charge in [0, 0.05) is 90.3 Å². The second-order valence-corrected chi connectivity index (χ2v) is 20.0. The van der Waals surface area contributed by atoms with Crippen molar-refractivity contribution < 1.29 is 9.47 Å². The van der Waals surface area contributed by atoms with Crippen LogP contribution in [0.4, 0.5) is 22.7 Å². The SMILES string of the molecule is C1COCCO1.CN(C)c1ccc(-c2ccc3c(c2)C(=C(C#N)C#N)c2cc(-c4ccc(N(C)C)cc4)ccc2-3)cc1.CN(C)c1ccc(-c2ccc3c(c2)C(=C(C#N)C#N)c2cc(-c4ccc(N(C)C)cc4)ccc2-3)cc1. The lowest BCUT2D eigenvalue weighted by atomic mass is 9.94. The van der Waals surface area contributed by atoms with E-state index in [0.717, 1.165) is 138 Å². The number of nitrogens with zero attached hydrogens (tertiary/aromatic N) is 8. The van der Waals surface area contributed by atoms with Crippen LogP contribution >= 0.6 is 0 Å². The number of benzene rings is 8. The Hall–Kier alpha value is -9.68. The summed E-state index contributed by atoms with van der Waals surface area (Å²) in [5.41, 5.74) is 22.7. The summed E-state index contributed by atoms with van der Waals surface area (Å²) in [7, 11) is 16.2. The fourth-order valence-electron chi connectivity index (χ4n) is 10.0. The van der Waals surface area contributed by atoms with E-state index < -0.39 is 0 Å². The molecule has 0 amide bonds. The molecule has 1 saturated heterocycles. The molecule has 3 aliphatic rings. The molecule has 0 aromatic heterocycles. The van der Waals surface area contributed by atoms with Gasteiger partial charge in [0.2, 0.25) is 0 Å². The van der Waals surface area contributed by atoms with Gasteiger partial charge in [-0.15, -0.1) is 0 Å². The van der Waals surface area contributed by atoms with E-state index in [0.29, 0.717) is 11.1 Å². The number of anilines is 4. The van der Waals surface area contributed by atoms with Gasteiger partial charge in [-0.25, -0.2) is 0 Å². The fraction of sp³-hybridized carbons (Fsp3) is 0.176. The summed E-state index contributed by atoms with van der Waals surface area (Å²) in [6.07, 6.45) is 0. The van der Waals surface area contributed by atoms with Crippen LogP contribution in [0.25, 0.3) is 77.9 Å². The maximum atomic E-state index is 9.84. The third kappa shape index (κ3) is 11.0. The minimum Gasteiger partial charge on any atom is -0.378 e. The molecule has 0 bridgehead atoms. The molecule has 0 saturated carbocycles. The van der Waals surface area contributed by atoms with Crippen LogP contribution in [-0.2, 0) is 9.47 Å². The zero-order valence-electron chi connectivity index (χ0n) is 45.4. The molecular formula is C68H60N8O2. The standard InChI is InChI=1S/2C32H26N4.C4H8O2/c2*1-35(2)26-11-5-21(6-12-26)23-9-15-28-29-16-10-24(22-7-13-27(14-8-22)36(3)4)18-31(29)32(30(28)17-23)25(19-33)20-34;1-2-6-4-3-5-1/h2*5-18H,1-4H3;1-4H2. The van der Waals surface area contributed by atoms with E-state index in [1.165, 1.54) is 0 Å². The van der Waals surface area contributed by atoms with E-state index in [4.69, 9.17) is 9.47 Å². The third-order valence-electron chi connectivity index (χ3n) is 14.3. The first-order valence-electron chi connectivity index (χ1n) is 25.8. The molecule has 0 radical (unpaired) electrons. The van der Waals surface area contributed by atoms with E-state index in [1.54, 1.807) is 0 Å². The lowest BCUT2D eigenvalue weighted by Gasteiger charge is -2.13. The van der Waals surface area contributed by atoms with Gasteiger partial charge in [0.1, 0.15) is 35.4 Å². The average Bonchev–Trinajstić information content (AvgIpc) is 4.11. The highest BCUT2D eigenvalue weighted by Crippen LogP contribution is 2.50. The summed E-state index contributed by atoms with van der Waals surface area (Å²) < 4.78 is 9.89. The summed E-state index contributed by atoms with van der Waals surface area (Å²) in [5.74, 6) is 0. The predicted molar refractivity (Wildman–Crippen MR) is 319 cm³/mol. The van der Waals surface area contributed by atoms with Crippen LogP contribution in [0.5, 0.6) is 0 Å². The zero-order valence-corrected chi connectivity index (χ0v) is 45.4. The minimum absolute atomic E-state index is 0.134. The van der Waals surface area contributed by atoms with Crippen molar-refractivity contribution in [1.82, 2.24) is 0 Å². The predicted octanol–water partition coefficient (Wildman–Crippen LogP) is 14.0. The first-order chi connectivity index (χ1) is 37.8. The van der Waals surface area contributed by atoms with Crippen LogP contribution < -0.4 is 19.6 Å². The van der Waals surface area contributed by atoms with Gasteiger partial charge in [-0.3, -0.25) is 0 Å². The van der Waals surface area contributed by atoms with E-state index in [2.05, 4.69) is 214 Å². The van der Waals surface area contributed by atoms with Crippen molar-refractivity contribution in [2.75, 3.05) is 102 Å². The van der Waals surface area contributed by atoms with Gasteiger partial charge in [-0.05, 0) is 162 Å². The van der Waals surface area contributed by atoms with Crippen LogP contribution in [-0.4, -0.2) is 82.8 Å². The molecule has 10 heteroatoms. The Morgan fingerprint density at radius 2 is 0.474 bits per heavy atom. The highest BCUT2D eigenvalue weighted by Gasteiger charge is 2.29. The number of fused-ring (bicyclic) bond motifs is 6. The van der Waals surface area contributed by atoms with E-state index in [9.17, 15) is 21.0 Å². The van der Waals surface area contributed by atoms with E-state index >= 15 is 0 Å². The van der Waals surface area contributed by atoms with Gasteiger partial charge < -0.3 is 29.1 Å². The lowest BCUT2D eigenvalue weighted by molar-refractivity contribution is -0.0334. The number of ether oxygens (including phenoxy) is 2. The Morgan fingerprint density at radius 1 is 0.282 bits per heavy atom. The number of hydrogen-bond acceptors (Lipinski definition) is 10. The second-order valence-electron chi connectivity index (χ2n) is 20.0. The summed E-state index contributed by atoms with van der Waals surface area (Å²) in [6, 6.07) is 67.5. The fourth-order valence-corrected chi connectivity index (χ4v) is 10.0. The minimum atomic E-state index is 0.134. The van der Waals surface area contributed by atoms with Gasteiger partial charge >= 0.3 is 0 Å². The monoisotopic (exact) mass is 1020 g/mol. The molecular weight excluding hydrogens is 961 g/mol. The molecule has 1 aliphatic heterocycles. The maximum Gasteiger partial charge on any atom is 0.138 e. The quantitative estimate of drug-likeness (QED) is 0.136. The summed E-state index contributed by atoms with van der Waals surface area (Å²) in [5, 5.41) is 39.3. The highest BCUT2D eigenvalue weighted by molar-refractivity contribution is 6.07. The van der Waals surface area contributed by atoms with E-state index in [-0.39, 0.29) is 11.1 Å². The Morgan fingerprint density at radius 3 is 0.641 bits per heavy atom. The van der Waals surface area contributed by atoms with Crippen molar-refractivity contribution in [3.05, 3.63) is 203 Å². The van der Waals surface area contributed by atoms with Crippen LogP contribution in [0.1, 0.15) is 22.3 Å². The number of rotatable bonds is 8. The highest BCUT2D eigenvalue weighted by atomic mass is 16.6. The Balaban J connectivity index is 0.000000171. The Labute approximate surface area is 459 Å². The van der Waals surface area contributed by atoms with Crippen molar-refractivity contribution in [1.29, 1.82) is 21.0 Å². The van der Waals surface area contributed by atoms with Crippen molar-refractivity contribution in [3.8, 4) is 91.0 Å². The Kier molecular flexibility index (Phi) is 16.0. The number of allylic oxidation sites excluding steroid dienone is 2. The molecule has 0 N–H and O–H groups in total. The molecule has 384 valence electrons. The van der Waals surface area contributed by atoms with Crippen LogP contribution in [0.15, 0.2) is 181 Å². The van der Waals surface area contributed by atoms with Gasteiger partial charge in [0.25, 0.3) is 0 Å². The molecule has 0 spiro atoms. The molecule has 2 aliphatic carbocycles. The van der Waals surface area contributed by atoms with Crippen molar-refractivity contribution >= 4 is 33.9 Å². The van der Waals surface area contributed by atoms with Gasteiger partial charge in [-0.2, -0.15) is 21.0 Å². The summed E-state index contributed by atoms with van der Waals surface area (Å²) in [4.78, 5) is 8.28. The molecule has 1 fully saturated rings. The first kappa shape index (κ1) is 53.2. The van der Waals surface area contributed by atoms with Crippen LogP contribution in [0.3, 0.4) is 0 Å². The van der Waals surface area contributed by atoms with Crippen LogP contribution in [0.2, 0.25) is 0 Å². The largest absolute Gasteiger partial charge is 0.378 e. The average molecular weight is 1020 g/mol. The van der Waals surface area contributed by atoms with Gasteiger partial charge in [0.15, 0.2) is 0 Å². The Bertz CT molecular complexity index is 3270. The molecule has 8 aromatic carbocycles. The molecule has 0 atom stereocenters. The lowest BCUT2D eigenvalue weighted by Crippen LogP contribution is -2.16. The maximum absolute atomic E-state index is 9.84. The van der Waals surface area contributed by atoms with Gasteiger partial charge in [0.05, 0.1) is 26.4 Å². The number of nitriles is 4. The topological polar surface area (TPSA) is 127 Å². The molecule has 8 aromatic rings. The van der Waals surface area contributed by atoms with Crippen molar-refractivity contribution in [3.63, 3.8) is 0 Å². The summed E-state index contributed by atoms with van der Waals surface area (Å²) in [6.45, 7) is 3.11. The first-order valence-corrected chi connectivity index (χ1v) is 25.8. The zero-order chi connectivity index (χ0) is 55.0. The van der Waals surface area contributed by atoms with Gasteiger partial charge in [-0.1, -0.05) is 97.1 Å². The van der Waals surface area contributed by atoms with E-state index in [1.807, 2.05) is 56.4 Å².